The van der Waals surface area contributed by atoms with Gasteiger partial charge in [0.25, 0.3) is 0 Å². The molecular weight excluding hydrogens is 753 g/mol. The van der Waals surface area contributed by atoms with Crippen molar-refractivity contribution in [3.8, 4) is 67.3 Å². The van der Waals surface area contributed by atoms with Crippen molar-refractivity contribution in [3.05, 3.63) is 253 Å². The van der Waals surface area contributed by atoms with E-state index in [2.05, 4.69) is 200 Å². The van der Waals surface area contributed by atoms with Gasteiger partial charge in [0.1, 0.15) is 11.2 Å². The van der Waals surface area contributed by atoms with E-state index in [4.69, 9.17) is 14.4 Å². The van der Waals surface area contributed by atoms with Crippen LogP contribution >= 0.6 is 0 Å². The first-order valence-electron chi connectivity index (χ1n) is 21.1. The highest BCUT2D eigenvalue weighted by atomic mass is 16.3. The molecule has 0 bridgehead atoms. The SMILES string of the molecule is c1ccc(-c2nc(-c3cccc(-c4ccc(-c5cccc6c5oc5ccccc56)cc4)c3)cc(-c3ccc4c(c3)-c3ccccc3C4(c3ccccc3)c3ccccc3)n2)cc1. The van der Waals surface area contributed by atoms with E-state index in [1.807, 2.05) is 30.3 Å². The van der Waals surface area contributed by atoms with E-state index < -0.39 is 5.41 Å². The minimum atomic E-state index is -0.460. The first kappa shape index (κ1) is 35.8. The minimum absolute atomic E-state index is 0.460. The van der Waals surface area contributed by atoms with E-state index in [1.165, 1.54) is 33.4 Å². The number of nitrogens with zero attached hydrogens (tertiary/aromatic N) is 2. The second-order valence-corrected chi connectivity index (χ2v) is 16.1. The first-order chi connectivity index (χ1) is 30.7. The molecule has 290 valence electrons. The molecule has 2 aromatic heterocycles. The molecule has 11 aromatic rings. The van der Waals surface area contributed by atoms with Gasteiger partial charge in [0, 0.05) is 33.0 Å². The molecule has 0 spiro atoms. The van der Waals surface area contributed by atoms with Crippen molar-refractivity contribution in [2.75, 3.05) is 0 Å². The quantitative estimate of drug-likeness (QED) is 0.161. The van der Waals surface area contributed by atoms with Crippen molar-refractivity contribution in [1.82, 2.24) is 9.97 Å². The van der Waals surface area contributed by atoms with Gasteiger partial charge in [-0.2, -0.15) is 0 Å². The third-order valence-electron chi connectivity index (χ3n) is 12.6. The van der Waals surface area contributed by atoms with E-state index in [-0.39, 0.29) is 0 Å². The molecule has 2 heterocycles. The summed E-state index contributed by atoms with van der Waals surface area (Å²) in [4.78, 5) is 10.5. The molecule has 12 rings (SSSR count). The molecule has 1 aliphatic rings. The van der Waals surface area contributed by atoms with Crippen LogP contribution in [0.2, 0.25) is 0 Å². The fourth-order valence-electron chi connectivity index (χ4n) is 9.74. The molecule has 0 N–H and O–H groups in total. The molecule has 9 aromatic carbocycles. The van der Waals surface area contributed by atoms with Crippen LogP contribution in [-0.2, 0) is 5.41 Å². The highest BCUT2D eigenvalue weighted by molar-refractivity contribution is 6.09. The molecule has 0 atom stereocenters. The van der Waals surface area contributed by atoms with Crippen molar-refractivity contribution in [2.45, 2.75) is 5.41 Å². The number of furan rings is 1. The third-order valence-corrected chi connectivity index (χ3v) is 12.6. The van der Waals surface area contributed by atoms with Gasteiger partial charge in [0.2, 0.25) is 0 Å². The molecule has 0 unspecified atom stereocenters. The molecule has 1 aliphatic carbocycles. The molecule has 0 radical (unpaired) electrons. The molecule has 0 saturated heterocycles. The van der Waals surface area contributed by atoms with Crippen molar-refractivity contribution in [1.29, 1.82) is 0 Å². The number of rotatable bonds is 7. The summed E-state index contributed by atoms with van der Waals surface area (Å²) >= 11 is 0. The highest BCUT2D eigenvalue weighted by Crippen LogP contribution is 2.56. The highest BCUT2D eigenvalue weighted by Gasteiger charge is 2.46. The van der Waals surface area contributed by atoms with Crippen LogP contribution in [0.4, 0.5) is 0 Å². The summed E-state index contributed by atoms with van der Waals surface area (Å²) in [5, 5.41) is 2.27. The van der Waals surface area contributed by atoms with Gasteiger partial charge >= 0.3 is 0 Å². The van der Waals surface area contributed by atoms with Crippen LogP contribution in [0.15, 0.2) is 235 Å². The predicted molar refractivity (Wildman–Crippen MR) is 254 cm³/mol. The lowest BCUT2D eigenvalue weighted by molar-refractivity contribution is 0.670. The van der Waals surface area contributed by atoms with E-state index in [0.717, 1.165) is 72.3 Å². The number of aromatic nitrogens is 2. The van der Waals surface area contributed by atoms with Crippen LogP contribution < -0.4 is 0 Å². The summed E-state index contributed by atoms with van der Waals surface area (Å²) < 4.78 is 6.37. The van der Waals surface area contributed by atoms with Crippen molar-refractivity contribution in [2.24, 2.45) is 0 Å². The Bertz CT molecular complexity index is 3400. The molecule has 0 amide bonds. The van der Waals surface area contributed by atoms with Gasteiger partial charge in [-0.15, -0.1) is 0 Å². The zero-order chi connectivity index (χ0) is 41.0. The summed E-state index contributed by atoms with van der Waals surface area (Å²) in [5.41, 5.74) is 18.1. The summed E-state index contributed by atoms with van der Waals surface area (Å²) in [7, 11) is 0. The second-order valence-electron chi connectivity index (χ2n) is 16.1. The summed E-state index contributed by atoms with van der Waals surface area (Å²) in [6.45, 7) is 0. The van der Waals surface area contributed by atoms with E-state index in [1.54, 1.807) is 0 Å². The van der Waals surface area contributed by atoms with Crippen LogP contribution in [0.25, 0.3) is 89.2 Å². The third kappa shape index (κ3) is 5.74. The van der Waals surface area contributed by atoms with Crippen LogP contribution in [-0.4, -0.2) is 9.97 Å². The van der Waals surface area contributed by atoms with Crippen LogP contribution in [0.5, 0.6) is 0 Å². The standard InChI is InChI=1S/C59H38N2O/c1-4-16-41(17-5-1)58-60-54(43-19-14-18-42(36-43)39-30-32-40(33-31-39)47-26-15-27-50-49-25-11-13-29-56(49)62-57(47)50)38-55(61-58)44-34-35-53-51(37-44)48-24-10-12-28-52(48)59(53,45-20-6-2-7-21-45)46-22-8-3-9-23-46/h1-38H. The number of para-hydroxylation sites is 2. The Balaban J connectivity index is 0.962. The fourth-order valence-corrected chi connectivity index (χ4v) is 9.74. The van der Waals surface area contributed by atoms with Gasteiger partial charge in [-0.05, 0) is 74.3 Å². The molecule has 0 saturated carbocycles. The summed E-state index contributed by atoms with van der Waals surface area (Å²) in [6.07, 6.45) is 0. The molecule has 3 nitrogen and oxygen atoms in total. The zero-order valence-corrected chi connectivity index (χ0v) is 33.7. The topological polar surface area (TPSA) is 38.9 Å². The zero-order valence-electron chi connectivity index (χ0n) is 33.7. The molecule has 0 aliphatic heterocycles. The Morgan fingerprint density at radius 1 is 0.323 bits per heavy atom. The molecule has 62 heavy (non-hydrogen) atoms. The molecule has 3 heteroatoms. The monoisotopic (exact) mass is 790 g/mol. The second kappa shape index (κ2) is 14.5. The number of hydrogen-bond acceptors (Lipinski definition) is 3. The Kier molecular flexibility index (Phi) is 8.39. The minimum Gasteiger partial charge on any atom is -0.455 e. The Labute approximate surface area is 360 Å². The Morgan fingerprint density at radius 2 is 0.855 bits per heavy atom. The number of hydrogen-bond donors (Lipinski definition) is 0. The summed E-state index contributed by atoms with van der Waals surface area (Å²) in [6, 6.07) is 82.2. The predicted octanol–water partition coefficient (Wildman–Crippen LogP) is 15.1. The maximum absolute atomic E-state index is 6.37. The lowest BCUT2D eigenvalue weighted by atomic mass is 9.67. The molecule has 0 fully saturated rings. The van der Waals surface area contributed by atoms with Crippen LogP contribution in [0.3, 0.4) is 0 Å². The van der Waals surface area contributed by atoms with Crippen molar-refractivity contribution in [3.63, 3.8) is 0 Å². The smallest absolute Gasteiger partial charge is 0.160 e. The molecular formula is C59H38N2O. The van der Waals surface area contributed by atoms with Crippen molar-refractivity contribution < 1.29 is 4.42 Å². The largest absolute Gasteiger partial charge is 0.455 e. The number of benzene rings is 9. The van der Waals surface area contributed by atoms with E-state index in [0.29, 0.717) is 5.82 Å². The first-order valence-corrected chi connectivity index (χ1v) is 21.1. The lowest BCUT2D eigenvalue weighted by Gasteiger charge is -2.33. The maximum atomic E-state index is 6.37. The Hall–Kier alpha value is -8.14. The Morgan fingerprint density at radius 3 is 1.61 bits per heavy atom. The van der Waals surface area contributed by atoms with Gasteiger partial charge in [0.05, 0.1) is 16.8 Å². The van der Waals surface area contributed by atoms with Gasteiger partial charge in [-0.25, -0.2) is 9.97 Å². The van der Waals surface area contributed by atoms with Gasteiger partial charge in [-0.1, -0.05) is 206 Å². The lowest BCUT2D eigenvalue weighted by Crippen LogP contribution is -2.28. The number of fused-ring (bicyclic) bond motifs is 6. The fraction of sp³-hybridized carbons (Fsp3) is 0.0169. The van der Waals surface area contributed by atoms with Gasteiger partial charge in [-0.3, -0.25) is 0 Å². The average molecular weight is 791 g/mol. The van der Waals surface area contributed by atoms with E-state index >= 15 is 0 Å². The van der Waals surface area contributed by atoms with Gasteiger partial charge < -0.3 is 4.42 Å². The van der Waals surface area contributed by atoms with Crippen LogP contribution in [0.1, 0.15) is 22.3 Å². The summed E-state index contributed by atoms with van der Waals surface area (Å²) in [5.74, 6) is 0.691. The maximum Gasteiger partial charge on any atom is 0.160 e. The van der Waals surface area contributed by atoms with Crippen molar-refractivity contribution >= 4 is 21.9 Å². The van der Waals surface area contributed by atoms with E-state index in [9.17, 15) is 0 Å². The van der Waals surface area contributed by atoms with Crippen LogP contribution in [0, 0.1) is 0 Å². The normalized spacial score (nSPS) is 12.6. The average Bonchev–Trinajstić information content (AvgIpc) is 3.89. The van der Waals surface area contributed by atoms with Gasteiger partial charge in [0.15, 0.2) is 5.82 Å².